The van der Waals surface area contributed by atoms with E-state index in [2.05, 4.69) is 30.4 Å². The number of hydrogen-bond acceptors (Lipinski definition) is 3. The van der Waals surface area contributed by atoms with E-state index in [0.29, 0.717) is 5.76 Å². The molecule has 1 aliphatic heterocycles. The van der Waals surface area contributed by atoms with Crippen molar-refractivity contribution in [2.45, 2.75) is 25.4 Å². The number of rotatable bonds is 4. The van der Waals surface area contributed by atoms with Crippen molar-refractivity contribution in [3.05, 3.63) is 90.4 Å². The third-order valence-electron chi connectivity index (χ3n) is 4.87. The molecule has 3 aromatic rings. The zero-order valence-electron chi connectivity index (χ0n) is 15.2. The monoisotopic (exact) mass is 358 g/mol. The molecule has 27 heavy (non-hydrogen) atoms. The first-order chi connectivity index (χ1) is 13.2. The van der Waals surface area contributed by atoms with Crippen molar-refractivity contribution in [2.75, 3.05) is 10.2 Å². The predicted molar refractivity (Wildman–Crippen MR) is 109 cm³/mol. The van der Waals surface area contributed by atoms with Crippen LogP contribution in [0.5, 0.6) is 0 Å². The van der Waals surface area contributed by atoms with Crippen molar-refractivity contribution in [1.82, 2.24) is 0 Å². The Morgan fingerprint density at radius 3 is 2.63 bits per heavy atom. The molecule has 0 spiro atoms. The van der Waals surface area contributed by atoms with E-state index >= 15 is 0 Å². The molecule has 4 heteroatoms. The topological polar surface area (TPSA) is 45.5 Å². The summed E-state index contributed by atoms with van der Waals surface area (Å²) >= 11 is 0. The van der Waals surface area contributed by atoms with Gasteiger partial charge in [0.2, 0.25) is 0 Å². The summed E-state index contributed by atoms with van der Waals surface area (Å²) in [6.45, 7) is 2.09. The molecule has 2 atom stereocenters. The van der Waals surface area contributed by atoms with Crippen molar-refractivity contribution >= 4 is 23.4 Å². The van der Waals surface area contributed by atoms with Crippen LogP contribution in [0.1, 0.15) is 30.7 Å². The zero-order chi connectivity index (χ0) is 18.6. The van der Waals surface area contributed by atoms with Crippen LogP contribution in [0.2, 0.25) is 0 Å². The molecule has 4 nitrogen and oxygen atoms in total. The summed E-state index contributed by atoms with van der Waals surface area (Å²) in [5.41, 5.74) is 3.18. The summed E-state index contributed by atoms with van der Waals surface area (Å²) < 4.78 is 5.28. The molecule has 1 aliphatic rings. The maximum absolute atomic E-state index is 12.9. The number of nitrogens with zero attached hydrogens (tertiary/aromatic N) is 1. The lowest BCUT2D eigenvalue weighted by atomic mass is 9.91. The second-order valence-corrected chi connectivity index (χ2v) is 6.76. The Bertz CT molecular complexity index is 932. The minimum atomic E-state index is -0.0375. The highest BCUT2D eigenvalue weighted by atomic mass is 16.3. The smallest absolute Gasteiger partial charge is 0.251 e. The third kappa shape index (κ3) is 3.65. The highest BCUT2D eigenvalue weighted by Gasteiger charge is 2.32. The van der Waals surface area contributed by atoms with Crippen molar-refractivity contribution < 1.29 is 9.21 Å². The second kappa shape index (κ2) is 7.54. The summed E-state index contributed by atoms with van der Waals surface area (Å²) in [5.74, 6) is 0.634. The molecule has 0 aliphatic carbocycles. The normalized spacial score (nSPS) is 19.1. The summed E-state index contributed by atoms with van der Waals surface area (Å²) in [6.07, 6.45) is 5.73. The van der Waals surface area contributed by atoms with Gasteiger partial charge in [0.1, 0.15) is 5.76 Å². The zero-order valence-corrected chi connectivity index (χ0v) is 15.2. The van der Waals surface area contributed by atoms with Crippen LogP contribution in [0.4, 0.5) is 11.4 Å². The molecule has 2 heterocycles. The first kappa shape index (κ1) is 17.2. The lowest BCUT2D eigenvalue weighted by Crippen LogP contribution is -2.43. The van der Waals surface area contributed by atoms with E-state index in [1.165, 1.54) is 0 Å². The number of nitrogens with one attached hydrogen (secondary N) is 1. The van der Waals surface area contributed by atoms with Crippen molar-refractivity contribution in [3.8, 4) is 0 Å². The molecule has 0 fully saturated rings. The minimum Gasteiger partial charge on any atom is -0.465 e. The predicted octanol–water partition coefficient (Wildman–Crippen LogP) is 5.27. The number of furan rings is 1. The van der Waals surface area contributed by atoms with Crippen LogP contribution >= 0.6 is 0 Å². The number of benzene rings is 2. The van der Waals surface area contributed by atoms with Gasteiger partial charge in [0, 0.05) is 23.5 Å². The number of fused-ring (bicyclic) bond motifs is 1. The SMILES string of the molecule is C[C@@H]1C[C@@H](Nc2ccccc2)c2ccccc2N1C(=O)/C=C/c1ccco1. The first-order valence-corrected chi connectivity index (χ1v) is 9.17. The van der Waals surface area contributed by atoms with E-state index in [4.69, 9.17) is 4.42 Å². The molecule has 1 aromatic heterocycles. The quantitative estimate of drug-likeness (QED) is 0.646. The number of anilines is 2. The van der Waals surface area contributed by atoms with Crippen LogP contribution in [0.3, 0.4) is 0 Å². The number of para-hydroxylation sites is 2. The Balaban J connectivity index is 1.61. The molecule has 0 bridgehead atoms. The lowest BCUT2D eigenvalue weighted by Gasteiger charge is -2.39. The van der Waals surface area contributed by atoms with E-state index < -0.39 is 0 Å². The lowest BCUT2D eigenvalue weighted by molar-refractivity contribution is -0.114. The molecule has 136 valence electrons. The Kier molecular flexibility index (Phi) is 4.79. The van der Waals surface area contributed by atoms with Gasteiger partial charge in [0.15, 0.2) is 0 Å². The Morgan fingerprint density at radius 2 is 1.85 bits per heavy atom. The van der Waals surface area contributed by atoms with Crippen LogP contribution < -0.4 is 10.2 Å². The van der Waals surface area contributed by atoms with Crippen LogP contribution in [0, 0.1) is 0 Å². The van der Waals surface area contributed by atoms with Gasteiger partial charge in [-0.1, -0.05) is 36.4 Å². The molecule has 2 aromatic carbocycles. The van der Waals surface area contributed by atoms with E-state index in [0.717, 1.165) is 23.4 Å². The van der Waals surface area contributed by atoms with Crippen molar-refractivity contribution in [2.24, 2.45) is 0 Å². The van der Waals surface area contributed by atoms with Crippen LogP contribution in [0.15, 0.2) is 83.5 Å². The van der Waals surface area contributed by atoms with Gasteiger partial charge in [-0.15, -0.1) is 0 Å². The van der Waals surface area contributed by atoms with Gasteiger partial charge in [-0.3, -0.25) is 4.79 Å². The van der Waals surface area contributed by atoms with E-state index in [-0.39, 0.29) is 18.0 Å². The molecule has 1 N–H and O–H groups in total. The summed E-state index contributed by atoms with van der Waals surface area (Å²) in [6, 6.07) is 22.2. The average Bonchev–Trinajstić information content (AvgIpc) is 3.21. The molecular weight excluding hydrogens is 336 g/mol. The molecular formula is C23H22N2O2. The van der Waals surface area contributed by atoms with Gasteiger partial charge >= 0.3 is 0 Å². The summed E-state index contributed by atoms with van der Waals surface area (Å²) in [7, 11) is 0. The summed E-state index contributed by atoms with van der Waals surface area (Å²) in [4.78, 5) is 14.8. The first-order valence-electron chi connectivity index (χ1n) is 9.17. The Labute approximate surface area is 159 Å². The van der Waals surface area contributed by atoms with Gasteiger partial charge in [-0.25, -0.2) is 0 Å². The molecule has 0 radical (unpaired) electrons. The number of hydrogen-bond donors (Lipinski definition) is 1. The number of carbonyl (C=O) groups excluding carboxylic acids is 1. The van der Waals surface area contributed by atoms with Gasteiger partial charge < -0.3 is 14.6 Å². The maximum atomic E-state index is 12.9. The largest absolute Gasteiger partial charge is 0.465 e. The highest BCUT2D eigenvalue weighted by molar-refractivity contribution is 6.05. The minimum absolute atomic E-state index is 0.0375. The van der Waals surface area contributed by atoms with Crippen LogP contribution in [0.25, 0.3) is 6.08 Å². The Hall–Kier alpha value is -3.27. The number of amides is 1. The molecule has 0 saturated heterocycles. The maximum Gasteiger partial charge on any atom is 0.251 e. The van der Waals surface area contributed by atoms with E-state index in [1.807, 2.05) is 53.4 Å². The van der Waals surface area contributed by atoms with Gasteiger partial charge in [0.25, 0.3) is 5.91 Å². The molecule has 1 amide bonds. The standard InChI is InChI=1S/C23H22N2O2/c1-17-16-21(24-18-8-3-2-4-9-18)20-11-5-6-12-22(20)25(17)23(26)14-13-19-10-7-15-27-19/h2-15,17,21,24H,16H2,1H3/b14-13+/t17-,21-/m1/s1. The Morgan fingerprint density at radius 1 is 1.07 bits per heavy atom. The van der Waals surface area contributed by atoms with Crippen LogP contribution in [-0.4, -0.2) is 11.9 Å². The van der Waals surface area contributed by atoms with Gasteiger partial charge in [0.05, 0.1) is 12.3 Å². The number of carbonyl (C=O) groups is 1. The molecule has 0 unspecified atom stereocenters. The van der Waals surface area contributed by atoms with Crippen molar-refractivity contribution in [3.63, 3.8) is 0 Å². The van der Waals surface area contributed by atoms with E-state index in [1.54, 1.807) is 18.4 Å². The fourth-order valence-corrected chi connectivity index (χ4v) is 3.64. The van der Waals surface area contributed by atoms with Crippen LogP contribution in [-0.2, 0) is 4.79 Å². The second-order valence-electron chi connectivity index (χ2n) is 6.76. The van der Waals surface area contributed by atoms with Crippen molar-refractivity contribution in [1.29, 1.82) is 0 Å². The fourth-order valence-electron chi connectivity index (χ4n) is 3.64. The third-order valence-corrected chi connectivity index (χ3v) is 4.87. The van der Waals surface area contributed by atoms with Gasteiger partial charge in [-0.2, -0.15) is 0 Å². The highest BCUT2D eigenvalue weighted by Crippen LogP contribution is 2.39. The molecule has 4 rings (SSSR count). The van der Waals surface area contributed by atoms with Gasteiger partial charge in [-0.05, 0) is 55.3 Å². The fraction of sp³-hybridized carbons (Fsp3) is 0.174. The average molecular weight is 358 g/mol. The summed E-state index contributed by atoms with van der Waals surface area (Å²) in [5, 5.41) is 3.61. The molecule has 0 saturated carbocycles. The van der Waals surface area contributed by atoms with E-state index in [9.17, 15) is 4.79 Å².